The first-order valence-corrected chi connectivity index (χ1v) is 11.2. The number of carbonyl (C=O) groups excluding carboxylic acids is 1. The zero-order chi connectivity index (χ0) is 23.7. The van der Waals surface area contributed by atoms with Crippen molar-refractivity contribution in [2.75, 3.05) is 0 Å². The Morgan fingerprint density at radius 1 is 1.06 bits per heavy atom. The molecule has 0 spiro atoms. The van der Waals surface area contributed by atoms with E-state index in [1.807, 2.05) is 55.8 Å². The van der Waals surface area contributed by atoms with E-state index in [9.17, 15) is 14.4 Å². The predicted molar refractivity (Wildman–Crippen MR) is 128 cm³/mol. The van der Waals surface area contributed by atoms with E-state index in [0.717, 1.165) is 34.4 Å². The third-order valence-corrected chi connectivity index (χ3v) is 6.30. The highest BCUT2D eigenvalue weighted by Crippen LogP contribution is 2.15. The van der Waals surface area contributed by atoms with E-state index in [1.54, 1.807) is 17.0 Å². The molecule has 0 aliphatic heterocycles. The highest BCUT2D eigenvalue weighted by Gasteiger charge is 2.22. The molecule has 8 nitrogen and oxygen atoms in total. The first kappa shape index (κ1) is 22.5. The van der Waals surface area contributed by atoms with Gasteiger partial charge in [-0.3, -0.25) is 18.7 Å². The summed E-state index contributed by atoms with van der Waals surface area (Å²) in [4.78, 5) is 44.5. The van der Waals surface area contributed by atoms with Crippen molar-refractivity contribution in [3.05, 3.63) is 86.1 Å². The summed E-state index contributed by atoms with van der Waals surface area (Å²) in [5.41, 5.74) is 2.88. The molecule has 172 valence electrons. The number of imidazole rings is 1. The zero-order valence-corrected chi connectivity index (χ0v) is 19.5. The number of Topliss-reactive ketones (excluding diaryl/α,β-unsaturated/α-hetero) is 1. The van der Waals surface area contributed by atoms with Crippen LogP contribution in [0.1, 0.15) is 47.1 Å². The first-order valence-electron chi connectivity index (χ1n) is 11.2. The molecule has 0 radical (unpaired) electrons. The van der Waals surface area contributed by atoms with Crippen LogP contribution in [0.4, 0.5) is 0 Å². The lowest BCUT2D eigenvalue weighted by molar-refractivity contribution is 0.0968. The lowest BCUT2D eigenvalue weighted by Gasteiger charge is -2.12. The lowest BCUT2D eigenvalue weighted by atomic mass is 10.1. The summed E-state index contributed by atoms with van der Waals surface area (Å²) < 4.78 is 6.26. The van der Waals surface area contributed by atoms with Crippen molar-refractivity contribution < 1.29 is 4.79 Å². The average Bonchev–Trinajstić information content (AvgIpc) is 3.35. The second-order valence-corrected chi connectivity index (χ2v) is 8.48. The number of aryl methyl sites for hydroxylation is 2. The van der Waals surface area contributed by atoms with Crippen LogP contribution >= 0.6 is 0 Å². The molecule has 0 bridgehead atoms. The molecule has 0 N–H and O–H groups in total. The molecule has 33 heavy (non-hydrogen) atoms. The summed E-state index contributed by atoms with van der Waals surface area (Å²) in [5, 5.41) is 0. The Labute approximate surface area is 191 Å². The molecule has 8 heteroatoms. The number of rotatable bonds is 8. The molecule has 4 rings (SSSR count). The third kappa shape index (κ3) is 4.08. The molecule has 4 aromatic rings. The molecular formula is C25H29N5O3. The second-order valence-electron chi connectivity index (χ2n) is 8.48. The van der Waals surface area contributed by atoms with Gasteiger partial charge in [-0.25, -0.2) is 9.78 Å². The third-order valence-electron chi connectivity index (χ3n) is 6.30. The number of carbonyl (C=O) groups is 1. The number of benzene rings is 1. The van der Waals surface area contributed by atoms with Crippen LogP contribution in [-0.4, -0.2) is 29.0 Å². The quantitative estimate of drug-likeness (QED) is 0.389. The maximum absolute atomic E-state index is 13.5. The number of unbranched alkanes of at least 4 members (excludes halogenated alkanes) is 1. The highest BCUT2D eigenvalue weighted by molar-refractivity contribution is 5.97. The fourth-order valence-electron chi connectivity index (χ4n) is 4.15. The van der Waals surface area contributed by atoms with E-state index in [0.29, 0.717) is 23.3 Å². The lowest BCUT2D eigenvalue weighted by Crippen LogP contribution is -2.42. The van der Waals surface area contributed by atoms with Crippen LogP contribution in [0, 0.1) is 13.8 Å². The van der Waals surface area contributed by atoms with E-state index in [1.165, 1.54) is 4.57 Å². The summed E-state index contributed by atoms with van der Waals surface area (Å²) in [7, 11) is 1.89. The molecule has 3 aromatic heterocycles. The fraction of sp³-hybridized carbons (Fsp3) is 0.360. The summed E-state index contributed by atoms with van der Waals surface area (Å²) in [6, 6.07) is 11.3. The summed E-state index contributed by atoms with van der Waals surface area (Å²) in [6.45, 7) is 6.42. The van der Waals surface area contributed by atoms with Crippen molar-refractivity contribution in [3.63, 3.8) is 0 Å². The van der Waals surface area contributed by atoms with E-state index < -0.39 is 11.2 Å². The normalized spacial score (nSPS) is 11.4. The molecule has 0 unspecified atom stereocenters. The van der Waals surface area contributed by atoms with E-state index in [2.05, 4.69) is 11.9 Å². The van der Waals surface area contributed by atoms with E-state index in [-0.39, 0.29) is 18.9 Å². The van der Waals surface area contributed by atoms with Crippen molar-refractivity contribution in [1.29, 1.82) is 0 Å². The Hall–Kier alpha value is -3.68. The Morgan fingerprint density at radius 3 is 2.42 bits per heavy atom. The van der Waals surface area contributed by atoms with Crippen molar-refractivity contribution in [2.45, 2.75) is 53.2 Å². The first-order chi connectivity index (χ1) is 15.8. The largest absolute Gasteiger partial charge is 0.351 e. The van der Waals surface area contributed by atoms with Gasteiger partial charge in [-0.1, -0.05) is 43.7 Å². The molecule has 1 aromatic carbocycles. The summed E-state index contributed by atoms with van der Waals surface area (Å²) in [5.74, 6) is -0.263. The molecule has 0 fully saturated rings. The van der Waals surface area contributed by atoms with Crippen LogP contribution in [-0.2, 0) is 26.7 Å². The molecule has 0 saturated carbocycles. The molecule has 0 saturated heterocycles. The molecule has 0 amide bonds. The predicted octanol–water partition coefficient (Wildman–Crippen LogP) is 3.05. The SMILES string of the molecule is CCCCn1cnc2c1c(=O)n(CC(=O)c1cc(C)n(C)c1C)c(=O)n2Cc1ccccc1. The van der Waals surface area contributed by atoms with Crippen molar-refractivity contribution in [3.8, 4) is 0 Å². The van der Waals surface area contributed by atoms with Gasteiger partial charge >= 0.3 is 5.69 Å². The fourth-order valence-corrected chi connectivity index (χ4v) is 4.15. The Bertz CT molecular complexity index is 1440. The van der Waals surface area contributed by atoms with Crippen LogP contribution in [0.15, 0.2) is 52.3 Å². The minimum absolute atomic E-state index is 0.263. The Kier molecular flexibility index (Phi) is 6.18. The molecule has 3 heterocycles. The van der Waals surface area contributed by atoms with E-state index in [4.69, 9.17) is 0 Å². The average molecular weight is 448 g/mol. The molecule has 0 aliphatic carbocycles. The van der Waals surface area contributed by atoms with Crippen LogP contribution in [0.25, 0.3) is 11.2 Å². The van der Waals surface area contributed by atoms with Crippen LogP contribution in [0.5, 0.6) is 0 Å². The van der Waals surface area contributed by atoms with Gasteiger partial charge in [-0.2, -0.15) is 0 Å². The zero-order valence-electron chi connectivity index (χ0n) is 19.5. The van der Waals surface area contributed by atoms with Gasteiger partial charge in [0.2, 0.25) is 0 Å². The maximum atomic E-state index is 13.5. The van der Waals surface area contributed by atoms with E-state index >= 15 is 0 Å². The number of hydrogen-bond donors (Lipinski definition) is 0. The smallest absolute Gasteiger partial charge is 0.333 e. The van der Waals surface area contributed by atoms with Crippen LogP contribution in [0.3, 0.4) is 0 Å². The molecular weight excluding hydrogens is 418 g/mol. The van der Waals surface area contributed by atoms with Gasteiger partial charge in [0, 0.05) is 30.5 Å². The van der Waals surface area contributed by atoms with Crippen LogP contribution in [0.2, 0.25) is 0 Å². The van der Waals surface area contributed by atoms with Gasteiger partial charge in [0.15, 0.2) is 16.9 Å². The van der Waals surface area contributed by atoms with Gasteiger partial charge in [0.1, 0.15) is 0 Å². The number of ketones is 1. The van der Waals surface area contributed by atoms with Crippen LogP contribution < -0.4 is 11.2 Å². The standard InChI is InChI=1S/C25H29N5O3/c1-5-6-12-28-16-26-23-22(28)24(32)30(15-21(31)20-13-17(2)27(4)18(20)3)25(33)29(23)14-19-10-8-7-9-11-19/h7-11,13,16H,5-6,12,14-15H2,1-4H3. The topological polar surface area (TPSA) is 83.8 Å². The number of nitrogens with zero attached hydrogens (tertiary/aromatic N) is 5. The monoisotopic (exact) mass is 447 g/mol. The highest BCUT2D eigenvalue weighted by atomic mass is 16.2. The number of fused-ring (bicyclic) bond motifs is 1. The van der Waals surface area contributed by atoms with Gasteiger partial charge in [-0.15, -0.1) is 0 Å². The summed E-state index contributed by atoms with van der Waals surface area (Å²) in [6.07, 6.45) is 3.45. The maximum Gasteiger partial charge on any atom is 0.333 e. The molecule has 0 aliphatic rings. The number of aromatic nitrogens is 5. The summed E-state index contributed by atoms with van der Waals surface area (Å²) >= 11 is 0. The van der Waals surface area contributed by atoms with Gasteiger partial charge < -0.3 is 9.13 Å². The Morgan fingerprint density at radius 2 is 1.79 bits per heavy atom. The Balaban J connectivity index is 1.87. The molecule has 0 atom stereocenters. The van der Waals surface area contributed by atoms with Crippen molar-refractivity contribution in [2.24, 2.45) is 7.05 Å². The van der Waals surface area contributed by atoms with Gasteiger partial charge in [0.05, 0.1) is 19.4 Å². The second kappa shape index (κ2) is 9.05. The van der Waals surface area contributed by atoms with Crippen molar-refractivity contribution in [1.82, 2.24) is 23.3 Å². The van der Waals surface area contributed by atoms with Crippen molar-refractivity contribution >= 4 is 16.9 Å². The van der Waals surface area contributed by atoms with Gasteiger partial charge in [0.25, 0.3) is 5.56 Å². The van der Waals surface area contributed by atoms with Gasteiger partial charge in [-0.05, 0) is 31.9 Å². The number of hydrogen-bond acceptors (Lipinski definition) is 4. The minimum Gasteiger partial charge on any atom is -0.351 e. The minimum atomic E-state index is -0.532.